The average molecular weight is 261 g/mol. The van der Waals surface area contributed by atoms with Crippen LogP contribution in [0.15, 0.2) is 47.3 Å². The topological polar surface area (TPSA) is 35.8 Å². The van der Waals surface area contributed by atoms with Gasteiger partial charge < -0.3 is 5.32 Å². The van der Waals surface area contributed by atoms with Crippen LogP contribution >= 0.6 is 22.9 Å². The third-order valence-electron chi connectivity index (χ3n) is 2.18. The molecule has 1 aromatic carbocycles. The van der Waals surface area contributed by atoms with Crippen LogP contribution in [0.5, 0.6) is 0 Å². The van der Waals surface area contributed by atoms with Gasteiger partial charge in [-0.2, -0.15) is 16.6 Å². The standard InChI is InChI=1S/C13H9ClN2S/c14-12-1-3-13(4-2-12)16-8-11(7-15)10-5-6-17-9-10/h1-6,8-9,16H. The van der Waals surface area contributed by atoms with Gasteiger partial charge >= 0.3 is 0 Å². The molecular weight excluding hydrogens is 252 g/mol. The van der Waals surface area contributed by atoms with Crippen molar-refractivity contribution in [2.24, 2.45) is 0 Å². The molecule has 0 radical (unpaired) electrons. The second-order valence-corrected chi connectivity index (χ2v) is 4.55. The highest BCUT2D eigenvalue weighted by atomic mass is 35.5. The summed E-state index contributed by atoms with van der Waals surface area (Å²) in [6.45, 7) is 0. The third-order valence-corrected chi connectivity index (χ3v) is 3.12. The summed E-state index contributed by atoms with van der Waals surface area (Å²) in [7, 11) is 0. The lowest BCUT2D eigenvalue weighted by molar-refractivity contribution is 1.52. The Morgan fingerprint density at radius 1 is 1.29 bits per heavy atom. The van der Waals surface area contributed by atoms with Crippen LogP contribution < -0.4 is 5.32 Å². The van der Waals surface area contributed by atoms with Gasteiger partial charge in [-0.3, -0.25) is 0 Å². The lowest BCUT2D eigenvalue weighted by Gasteiger charge is -2.01. The number of nitriles is 1. The highest BCUT2D eigenvalue weighted by Crippen LogP contribution is 2.18. The first kappa shape index (κ1) is 11.7. The molecule has 2 nitrogen and oxygen atoms in total. The Labute approximate surface area is 109 Å². The van der Waals surface area contributed by atoms with E-state index in [1.807, 2.05) is 29.0 Å². The predicted molar refractivity (Wildman–Crippen MR) is 73.0 cm³/mol. The van der Waals surface area contributed by atoms with E-state index in [1.165, 1.54) is 0 Å². The quantitative estimate of drug-likeness (QED) is 0.832. The van der Waals surface area contributed by atoms with Gasteiger partial charge in [-0.05, 0) is 41.1 Å². The van der Waals surface area contributed by atoms with Gasteiger partial charge in [0.1, 0.15) is 6.07 Å². The first-order valence-electron chi connectivity index (χ1n) is 4.94. The van der Waals surface area contributed by atoms with Gasteiger partial charge in [0.2, 0.25) is 0 Å². The Balaban J connectivity index is 2.14. The van der Waals surface area contributed by atoms with Crippen LogP contribution in [0.1, 0.15) is 5.56 Å². The molecule has 0 aliphatic carbocycles. The van der Waals surface area contributed by atoms with Gasteiger partial charge in [-0.1, -0.05) is 11.6 Å². The first-order chi connectivity index (χ1) is 8.29. The number of allylic oxidation sites excluding steroid dienone is 1. The van der Waals surface area contributed by atoms with Crippen molar-refractivity contribution in [3.63, 3.8) is 0 Å². The molecule has 0 amide bonds. The number of nitrogens with one attached hydrogen (secondary N) is 1. The Hall–Kier alpha value is -1.76. The van der Waals surface area contributed by atoms with Crippen molar-refractivity contribution in [1.29, 1.82) is 5.26 Å². The summed E-state index contributed by atoms with van der Waals surface area (Å²) in [5.41, 5.74) is 2.44. The van der Waals surface area contributed by atoms with E-state index < -0.39 is 0 Å². The summed E-state index contributed by atoms with van der Waals surface area (Å²) in [5, 5.41) is 16.7. The Bertz CT molecular complexity index is 550. The van der Waals surface area contributed by atoms with Crippen LogP contribution in [-0.2, 0) is 0 Å². The number of anilines is 1. The summed E-state index contributed by atoms with van der Waals surface area (Å²) in [5.74, 6) is 0. The van der Waals surface area contributed by atoms with Gasteiger partial charge in [0.25, 0.3) is 0 Å². The monoisotopic (exact) mass is 260 g/mol. The van der Waals surface area contributed by atoms with Crippen molar-refractivity contribution in [2.45, 2.75) is 0 Å². The molecule has 2 aromatic rings. The zero-order valence-corrected chi connectivity index (χ0v) is 10.4. The zero-order valence-electron chi connectivity index (χ0n) is 8.85. The lowest BCUT2D eigenvalue weighted by Crippen LogP contribution is -1.89. The predicted octanol–water partition coefficient (Wildman–Crippen LogP) is 4.38. The molecule has 0 bridgehead atoms. The average Bonchev–Trinajstić information content (AvgIpc) is 2.86. The fourth-order valence-corrected chi connectivity index (χ4v) is 2.08. The molecule has 0 saturated heterocycles. The van der Waals surface area contributed by atoms with Gasteiger partial charge in [-0.25, -0.2) is 0 Å². The second kappa shape index (κ2) is 5.53. The fraction of sp³-hybridized carbons (Fsp3) is 0. The van der Waals surface area contributed by atoms with E-state index in [0.29, 0.717) is 10.6 Å². The molecule has 0 aliphatic rings. The largest absolute Gasteiger partial charge is 0.360 e. The Kier molecular flexibility index (Phi) is 3.81. The molecule has 0 unspecified atom stereocenters. The van der Waals surface area contributed by atoms with Crippen molar-refractivity contribution < 1.29 is 0 Å². The van der Waals surface area contributed by atoms with Crippen LogP contribution in [-0.4, -0.2) is 0 Å². The Morgan fingerprint density at radius 2 is 2.06 bits per heavy atom. The lowest BCUT2D eigenvalue weighted by atomic mass is 10.2. The minimum absolute atomic E-state index is 0.612. The summed E-state index contributed by atoms with van der Waals surface area (Å²) < 4.78 is 0. The van der Waals surface area contributed by atoms with Crippen molar-refractivity contribution in [3.05, 3.63) is 57.9 Å². The van der Waals surface area contributed by atoms with Crippen LogP contribution in [0.2, 0.25) is 5.02 Å². The maximum Gasteiger partial charge on any atom is 0.101 e. The molecular formula is C13H9ClN2S. The smallest absolute Gasteiger partial charge is 0.101 e. The molecule has 0 saturated carbocycles. The summed E-state index contributed by atoms with van der Waals surface area (Å²) in [6, 6.07) is 11.4. The van der Waals surface area contributed by atoms with Gasteiger partial charge in [0.15, 0.2) is 0 Å². The maximum atomic E-state index is 9.05. The highest BCUT2D eigenvalue weighted by molar-refractivity contribution is 7.08. The molecule has 0 atom stereocenters. The summed E-state index contributed by atoms with van der Waals surface area (Å²) in [6.07, 6.45) is 1.70. The number of thiophene rings is 1. The van der Waals surface area contributed by atoms with Crippen molar-refractivity contribution in [3.8, 4) is 6.07 Å². The van der Waals surface area contributed by atoms with Crippen LogP contribution in [0.3, 0.4) is 0 Å². The van der Waals surface area contributed by atoms with Gasteiger partial charge in [-0.15, -0.1) is 0 Å². The maximum absolute atomic E-state index is 9.05. The molecule has 1 aromatic heterocycles. The van der Waals surface area contributed by atoms with E-state index in [4.69, 9.17) is 16.9 Å². The van der Waals surface area contributed by atoms with Gasteiger partial charge in [0, 0.05) is 22.5 Å². The first-order valence-corrected chi connectivity index (χ1v) is 6.26. The number of hydrogen-bond acceptors (Lipinski definition) is 3. The van der Waals surface area contributed by atoms with Crippen molar-refractivity contribution >= 4 is 34.2 Å². The molecule has 1 heterocycles. The Morgan fingerprint density at radius 3 is 2.65 bits per heavy atom. The molecule has 84 valence electrons. The van der Waals surface area contributed by atoms with Crippen LogP contribution in [0, 0.1) is 11.3 Å². The molecule has 2 rings (SSSR count). The second-order valence-electron chi connectivity index (χ2n) is 3.33. The number of halogens is 1. The zero-order chi connectivity index (χ0) is 12.1. The minimum atomic E-state index is 0.612. The fourth-order valence-electron chi connectivity index (χ4n) is 1.30. The SMILES string of the molecule is N#CC(=CNc1ccc(Cl)cc1)c1ccsc1. The van der Waals surface area contributed by atoms with E-state index in [9.17, 15) is 0 Å². The molecule has 0 aliphatic heterocycles. The molecule has 1 N–H and O–H groups in total. The molecule has 4 heteroatoms. The van der Waals surface area contributed by atoms with E-state index >= 15 is 0 Å². The summed E-state index contributed by atoms with van der Waals surface area (Å²) >= 11 is 7.36. The molecule has 17 heavy (non-hydrogen) atoms. The number of hydrogen-bond donors (Lipinski definition) is 1. The molecule has 0 spiro atoms. The highest BCUT2D eigenvalue weighted by Gasteiger charge is 2.00. The van der Waals surface area contributed by atoms with Crippen LogP contribution in [0.25, 0.3) is 5.57 Å². The summed E-state index contributed by atoms with van der Waals surface area (Å²) in [4.78, 5) is 0. The number of benzene rings is 1. The normalized spacial score (nSPS) is 10.9. The minimum Gasteiger partial charge on any atom is -0.360 e. The molecule has 0 fully saturated rings. The van der Waals surface area contributed by atoms with E-state index in [2.05, 4.69) is 11.4 Å². The van der Waals surface area contributed by atoms with Crippen LogP contribution in [0.4, 0.5) is 5.69 Å². The van der Waals surface area contributed by atoms with E-state index in [1.54, 1.807) is 29.7 Å². The van der Waals surface area contributed by atoms with Crippen molar-refractivity contribution in [1.82, 2.24) is 0 Å². The number of nitrogens with zero attached hydrogens (tertiary/aromatic N) is 1. The van der Waals surface area contributed by atoms with E-state index in [0.717, 1.165) is 11.3 Å². The number of rotatable bonds is 3. The van der Waals surface area contributed by atoms with Crippen molar-refractivity contribution in [2.75, 3.05) is 5.32 Å². The van der Waals surface area contributed by atoms with E-state index in [-0.39, 0.29) is 0 Å². The van der Waals surface area contributed by atoms with Gasteiger partial charge in [0.05, 0.1) is 5.57 Å². The third kappa shape index (κ3) is 3.10.